The standard InChI is InChI=1S/C19H28BN3O3/c1-18(2)19(3,4)26-20(25-18)14-6-7-15-16(12-14)22(5)17(21-15)13-23-8-10-24-11-9-23/h6-7,12H,8-11,13H2,1-5H3. The molecule has 4 rings (SSSR count). The molecule has 140 valence electrons. The Kier molecular flexibility index (Phi) is 4.38. The van der Waals surface area contributed by atoms with E-state index in [4.69, 9.17) is 19.0 Å². The molecule has 2 saturated heterocycles. The second kappa shape index (κ2) is 6.34. The van der Waals surface area contributed by atoms with Gasteiger partial charge >= 0.3 is 7.12 Å². The maximum Gasteiger partial charge on any atom is 0.494 e. The minimum Gasteiger partial charge on any atom is -0.399 e. The molecule has 0 N–H and O–H groups in total. The van der Waals surface area contributed by atoms with Crippen molar-refractivity contribution in [3.8, 4) is 0 Å². The molecule has 0 bridgehead atoms. The Balaban J connectivity index is 1.60. The summed E-state index contributed by atoms with van der Waals surface area (Å²) in [5.74, 6) is 1.08. The molecule has 0 radical (unpaired) electrons. The molecule has 2 aliphatic heterocycles. The minimum atomic E-state index is -0.345. The van der Waals surface area contributed by atoms with E-state index in [1.54, 1.807) is 0 Å². The number of fused-ring (bicyclic) bond motifs is 1. The van der Waals surface area contributed by atoms with Crippen molar-refractivity contribution in [1.29, 1.82) is 0 Å². The van der Waals surface area contributed by atoms with E-state index < -0.39 is 0 Å². The first-order valence-electron chi connectivity index (χ1n) is 9.38. The molecular weight excluding hydrogens is 329 g/mol. The second-order valence-corrected chi connectivity index (χ2v) is 8.31. The minimum absolute atomic E-state index is 0.333. The summed E-state index contributed by atoms with van der Waals surface area (Å²) in [7, 11) is 1.74. The van der Waals surface area contributed by atoms with E-state index in [1.807, 2.05) is 0 Å². The Bertz CT molecular complexity index is 796. The number of imidazole rings is 1. The Morgan fingerprint density at radius 2 is 1.73 bits per heavy atom. The number of nitrogens with zero attached hydrogens (tertiary/aromatic N) is 3. The highest BCUT2D eigenvalue weighted by molar-refractivity contribution is 6.62. The smallest absolute Gasteiger partial charge is 0.399 e. The first-order valence-corrected chi connectivity index (χ1v) is 9.38. The molecular formula is C19H28BN3O3. The van der Waals surface area contributed by atoms with Gasteiger partial charge in [0, 0.05) is 20.1 Å². The van der Waals surface area contributed by atoms with Gasteiger partial charge in [-0.25, -0.2) is 4.98 Å². The molecule has 0 aliphatic carbocycles. The van der Waals surface area contributed by atoms with Crippen molar-refractivity contribution in [3.05, 3.63) is 24.0 Å². The summed E-state index contributed by atoms with van der Waals surface area (Å²) >= 11 is 0. The second-order valence-electron chi connectivity index (χ2n) is 8.31. The van der Waals surface area contributed by atoms with E-state index in [0.29, 0.717) is 0 Å². The summed E-state index contributed by atoms with van der Waals surface area (Å²) in [6.45, 7) is 12.7. The number of aromatic nitrogens is 2. The molecule has 26 heavy (non-hydrogen) atoms. The lowest BCUT2D eigenvalue weighted by Gasteiger charge is -2.32. The molecule has 2 aliphatic rings. The van der Waals surface area contributed by atoms with Crippen molar-refractivity contribution in [2.75, 3.05) is 26.3 Å². The van der Waals surface area contributed by atoms with Gasteiger partial charge in [0.25, 0.3) is 0 Å². The number of rotatable bonds is 3. The van der Waals surface area contributed by atoms with Crippen molar-refractivity contribution in [2.24, 2.45) is 7.05 Å². The van der Waals surface area contributed by atoms with E-state index >= 15 is 0 Å². The number of benzene rings is 1. The predicted molar refractivity (Wildman–Crippen MR) is 103 cm³/mol. The Hall–Kier alpha value is -1.41. The van der Waals surface area contributed by atoms with Crippen LogP contribution in [0.2, 0.25) is 0 Å². The molecule has 0 amide bonds. The van der Waals surface area contributed by atoms with Gasteiger partial charge in [-0.1, -0.05) is 6.07 Å². The van der Waals surface area contributed by atoms with Crippen LogP contribution in [0, 0.1) is 0 Å². The van der Waals surface area contributed by atoms with Crippen LogP contribution in [0.15, 0.2) is 18.2 Å². The fourth-order valence-corrected chi connectivity index (χ4v) is 3.48. The van der Waals surface area contributed by atoms with Crippen molar-refractivity contribution < 1.29 is 14.0 Å². The largest absolute Gasteiger partial charge is 0.494 e. The summed E-state index contributed by atoms with van der Waals surface area (Å²) in [5, 5.41) is 0. The van der Waals surface area contributed by atoms with Crippen molar-refractivity contribution >= 4 is 23.6 Å². The SMILES string of the molecule is Cn1c(CN2CCOCC2)nc2ccc(B3OC(C)(C)C(C)(C)O3)cc21. The van der Waals surface area contributed by atoms with Gasteiger partial charge < -0.3 is 18.6 Å². The third-order valence-electron chi connectivity index (χ3n) is 5.99. The third kappa shape index (κ3) is 3.07. The zero-order chi connectivity index (χ0) is 18.5. The summed E-state index contributed by atoms with van der Waals surface area (Å²) in [4.78, 5) is 7.22. The predicted octanol–water partition coefficient (Wildman–Crippen LogP) is 1.70. The first-order chi connectivity index (χ1) is 12.3. The Morgan fingerprint density at radius 3 is 2.38 bits per heavy atom. The van der Waals surface area contributed by atoms with Crippen LogP contribution in [0.25, 0.3) is 11.0 Å². The molecule has 7 heteroatoms. The van der Waals surface area contributed by atoms with Gasteiger partial charge in [-0.05, 0) is 45.3 Å². The lowest BCUT2D eigenvalue weighted by molar-refractivity contribution is 0.00578. The summed E-state index contributed by atoms with van der Waals surface area (Å²) in [6, 6.07) is 6.28. The first kappa shape index (κ1) is 18.0. The fourth-order valence-electron chi connectivity index (χ4n) is 3.48. The van der Waals surface area contributed by atoms with E-state index in [9.17, 15) is 0 Å². The molecule has 2 fully saturated rings. The summed E-state index contributed by atoms with van der Waals surface area (Å²) in [6.07, 6.45) is 0. The third-order valence-corrected chi connectivity index (χ3v) is 5.99. The normalized spacial score (nSPS) is 23.0. The Labute approximate surface area is 155 Å². The van der Waals surface area contributed by atoms with E-state index in [1.165, 1.54) is 0 Å². The average Bonchev–Trinajstić information content (AvgIpc) is 3.01. The van der Waals surface area contributed by atoms with Crippen molar-refractivity contribution in [2.45, 2.75) is 45.4 Å². The van der Waals surface area contributed by atoms with Crippen LogP contribution in [0.3, 0.4) is 0 Å². The number of hydrogen-bond acceptors (Lipinski definition) is 5. The topological polar surface area (TPSA) is 48.8 Å². The van der Waals surface area contributed by atoms with Crippen LogP contribution >= 0.6 is 0 Å². The zero-order valence-electron chi connectivity index (χ0n) is 16.4. The van der Waals surface area contributed by atoms with Crippen molar-refractivity contribution in [3.63, 3.8) is 0 Å². The maximum atomic E-state index is 6.19. The average molecular weight is 357 g/mol. The lowest BCUT2D eigenvalue weighted by atomic mass is 9.79. The Morgan fingerprint density at radius 1 is 1.08 bits per heavy atom. The van der Waals surface area contributed by atoms with Crippen LogP contribution in [-0.4, -0.2) is 59.1 Å². The van der Waals surface area contributed by atoms with Gasteiger partial charge in [0.05, 0.1) is 42.0 Å². The molecule has 1 aromatic carbocycles. The molecule has 1 aromatic heterocycles. The zero-order valence-corrected chi connectivity index (χ0v) is 16.4. The number of ether oxygens (including phenoxy) is 1. The highest BCUT2D eigenvalue weighted by Crippen LogP contribution is 2.36. The molecule has 0 unspecified atom stereocenters. The van der Waals surface area contributed by atoms with Crippen molar-refractivity contribution in [1.82, 2.24) is 14.5 Å². The van der Waals surface area contributed by atoms with Crippen LogP contribution in [0.4, 0.5) is 0 Å². The van der Waals surface area contributed by atoms with Gasteiger partial charge in [-0.3, -0.25) is 4.90 Å². The van der Waals surface area contributed by atoms with E-state index in [-0.39, 0.29) is 18.3 Å². The highest BCUT2D eigenvalue weighted by atomic mass is 16.7. The van der Waals surface area contributed by atoms with Gasteiger partial charge in [0.2, 0.25) is 0 Å². The van der Waals surface area contributed by atoms with Crippen LogP contribution in [0.5, 0.6) is 0 Å². The quantitative estimate of drug-likeness (QED) is 0.783. The van der Waals surface area contributed by atoms with E-state index in [0.717, 1.165) is 55.2 Å². The van der Waals surface area contributed by atoms with Crippen LogP contribution in [0.1, 0.15) is 33.5 Å². The van der Waals surface area contributed by atoms with Gasteiger partial charge in [0.15, 0.2) is 0 Å². The molecule has 0 atom stereocenters. The number of hydrogen-bond donors (Lipinski definition) is 0. The molecule has 0 saturated carbocycles. The van der Waals surface area contributed by atoms with Crippen LogP contribution < -0.4 is 5.46 Å². The maximum absolute atomic E-state index is 6.19. The molecule has 0 spiro atoms. The number of aryl methyl sites for hydroxylation is 1. The number of morpholine rings is 1. The van der Waals surface area contributed by atoms with Gasteiger partial charge in [-0.2, -0.15) is 0 Å². The summed E-state index contributed by atoms with van der Waals surface area (Å²) < 4.78 is 20.0. The van der Waals surface area contributed by atoms with Gasteiger partial charge in [0.1, 0.15) is 5.82 Å². The fraction of sp³-hybridized carbons (Fsp3) is 0.632. The molecule has 2 aromatic rings. The summed E-state index contributed by atoms with van der Waals surface area (Å²) in [5.41, 5.74) is 2.50. The van der Waals surface area contributed by atoms with E-state index in [2.05, 4.69) is 62.4 Å². The molecule has 6 nitrogen and oxygen atoms in total. The van der Waals surface area contributed by atoms with Crippen LogP contribution in [-0.2, 0) is 27.6 Å². The molecule has 3 heterocycles. The lowest BCUT2D eigenvalue weighted by Crippen LogP contribution is -2.41. The monoisotopic (exact) mass is 357 g/mol. The highest BCUT2D eigenvalue weighted by Gasteiger charge is 2.51. The van der Waals surface area contributed by atoms with Gasteiger partial charge in [-0.15, -0.1) is 0 Å².